The maximum absolute atomic E-state index is 12.9. The molecule has 0 saturated carbocycles. The predicted molar refractivity (Wildman–Crippen MR) is 47.3 cm³/mol. The van der Waals surface area contributed by atoms with E-state index in [0.29, 0.717) is 5.56 Å². The zero-order chi connectivity index (χ0) is 8.97. The van der Waals surface area contributed by atoms with Crippen LogP contribution in [-0.2, 0) is 0 Å². The maximum atomic E-state index is 12.9. The zero-order valence-electron chi connectivity index (χ0n) is 6.92. The zero-order valence-corrected chi connectivity index (χ0v) is 6.92. The van der Waals surface area contributed by atoms with Crippen molar-refractivity contribution in [2.45, 2.75) is 6.92 Å². The molecule has 0 unspecified atom stereocenters. The summed E-state index contributed by atoms with van der Waals surface area (Å²) < 4.78 is 12.9. The predicted octanol–water partition coefficient (Wildman–Crippen LogP) is 2.14. The summed E-state index contributed by atoms with van der Waals surface area (Å²) in [5.74, 6) is -0.213. The van der Waals surface area contributed by atoms with Crippen LogP contribution in [0.25, 0.3) is 6.08 Å². The van der Waals surface area contributed by atoms with Gasteiger partial charge in [-0.3, -0.25) is 0 Å². The minimum atomic E-state index is -0.213. The average Bonchev–Trinajstić information content (AvgIpc) is 2.07. The van der Waals surface area contributed by atoms with Crippen LogP contribution in [0.3, 0.4) is 0 Å². The first-order valence-corrected chi connectivity index (χ1v) is 3.77. The highest BCUT2D eigenvalue weighted by atomic mass is 19.1. The summed E-state index contributed by atoms with van der Waals surface area (Å²) in [6.45, 7) is 1.70. The van der Waals surface area contributed by atoms with Crippen molar-refractivity contribution in [2.75, 3.05) is 6.61 Å². The molecule has 2 heteroatoms. The Kier molecular flexibility index (Phi) is 3.00. The lowest BCUT2D eigenvalue weighted by molar-refractivity contribution is 0.343. The van der Waals surface area contributed by atoms with E-state index >= 15 is 0 Å². The topological polar surface area (TPSA) is 20.2 Å². The van der Waals surface area contributed by atoms with Gasteiger partial charge in [0.15, 0.2) is 0 Å². The van der Waals surface area contributed by atoms with Crippen molar-refractivity contribution in [3.63, 3.8) is 0 Å². The molecule has 0 spiro atoms. The molecule has 1 N–H and O–H groups in total. The van der Waals surface area contributed by atoms with Crippen LogP contribution in [0, 0.1) is 12.7 Å². The average molecular weight is 166 g/mol. The third kappa shape index (κ3) is 2.17. The number of aliphatic hydroxyl groups excluding tert-OH is 1. The molecule has 1 nitrogen and oxygen atoms in total. The van der Waals surface area contributed by atoms with Gasteiger partial charge >= 0.3 is 0 Å². The first kappa shape index (κ1) is 8.94. The second-order valence-electron chi connectivity index (χ2n) is 2.59. The van der Waals surface area contributed by atoms with Gasteiger partial charge in [-0.1, -0.05) is 24.3 Å². The van der Waals surface area contributed by atoms with E-state index in [2.05, 4.69) is 0 Å². The summed E-state index contributed by atoms with van der Waals surface area (Å²) in [4.78, 5) is 0. The number of hydrogen-bond acceptors (Lipinski definition) is 1. The van der Waals surface area contributed by atoms with Gasteiger partial charge in [0.2, 0.25) is 0 Å². The molecule has 64 valence electrons. The van der Waals surface area contributed by atoms with E-state index in [9.17, 15) is 4.39 Å². The SMILES string of the molecule is Cc1ccc(/C=C/CO)cc1F. The van der Waals surface area contributed by atoms with Crippen molar-refractivity contribution >= 4 is 6.08 Å². The smallest absolute Gasteiger partial charge is 0.126 e. The minimum Gasteiger partial charge on any atom is -0.392 e. The Morgan fingerprint density at radius 3 is 2.83 bits per heavy atom. The van der Waals surface area contributed by atoms with Crippen molar-refractivity contribution in [1.29, 1.82) is 0 Å². The number of aliphatic hydroxyl groups is 1. The molecule has 0 bridgehead atoms. The normalized spacial score (nSPS) is 10.9. The summed E-state index contributed by atoms with van der Waals surface area (Å²) in [6.07, 6.45) is 3.26. The highest BCUT2D eigenvalue weighted by molar-refractivity contribution is 5.49. The Labute approximate surface area is 71.2 Å². The van der Waals surface area contributed by atoms with Crippen LogP contribution in [0.4, 0.5) is 4.39 Å². The number of hydrogen-bond donors (Lipinski definition) is 1. The molecule has 0 fully saturated rings. The first-order valence-electron chi connectivity index (χ1n) is 3.77. The van der Waals surface area contributed by atoms with Gasteiger partial charge in [0.05, 0.1) is 6.61 Å². The van der Waals surface area contributed by atoms with E-state index in [0.717, 1.165) is 5.56 Å². The van der Waals surface area contributed by atoms with Gasteiger partial charge < -0.3 is 5.11 Å². The second-order valence-corrected chi connectivity index (χ2v) is 2.59. The lowest BCUT2D eigenvalue weighted by atomic mass is 10.1. The molecular formula is C10H11FO. The van der Waals surface area contributed by atoms with Gasteiger partial charge in [-0.25, -0.2) is 4.39 Å². The third-order valence-electron chi connectivity index (χ3n) is 1.61. The lowest BCUT2D eigenvalue weighted by Crippen LogP contribution is -1.82. The fourth-order valence-electron chi connectivity index (χ4n) is 0.902. The molecule has 0 aromatic heterocycles. The molecular weight excluding hydrogens is 155 g/mol. The monoisotopic (exact) mass is 166 g/mol. The highest BCUT2D eigenvalue weighted by Crippen LogP contribution is 2.10. The second kappa shape index (κ2) is 4.02. The maximum Gasteiger partial charge on any atom is 0.126 e. The van der Waals surface area contributed by atoms with Gasteiger partial charge in [0.25, 0.3) is 0 Å². The Balaban J connectivity index is 2.89. The molecule has 0 heterocycles. The number of benzene rings is 1. The summed E-state index contributed by atoms with van der Waals surface area (Å²) in [6, 6.07) is 4.97. The van der Waals surface area contributed by atoms with Crippen LogP contribution in [-0.4, -0.2) is 11.7 Å². The molecule has 0 atom stereocenters. The van der Waals surface area contributed by atoms with E-state index in [1.807, 2.05) is 6.07 Å². The van der Waals surface area contributed by atoms with E-state index in [1.54, 1.807) is 25.1 Å². The van der Waals surface area contributed by atoms with Crippen molar-refractivity contribution in [1.82, 2.24) is 0 Å². The highest BCUT2D eigenvalue weighted by Gasteiger charge is 1.95. The van der Waals surface area contributed by atoms with Crippen LogP contribution in [0.5, 0.6) is 0 Å². The number of halogens is 1. The Morgan fingerprint density at radius 1 is 1.50 bits per heavy atom. The Morgan fingerprint density at radius 2 is 2.25 bits per heavy atom. The summed E-state index contributed by atoms with van der Waals surface area (Å²) in [5.41, 5.74) is 1.41. The fourth-order valence-corrected chi connectivity index (χ4v) is 0.902. The van der Waals surface area contributed by atoms with Crippen LogP contribution < -0.4 is 0 Å². The molecule has 0 aliphatic heterocycles. The molecule has 0 aliphatic rings. The standard InChI is InChI=1S/C10H11FO/c1-8-4-5-9(3-2-6-12)7-10(8)11/h2-5,7,12H,6H2,1H3/b3-2+. The quantitative estimate of drug-likeness (QED) is 0.713. The van der Waals surface area contributed by atoms with Crippen LogP contribution in [0.15, 0.2) is 24.3 Å². The molecule has 0 aliphatic carbocycles. The van der Waals surface area contributed by atoms with E-state index in [-0.39, 0.29) is 12.4 Å². The fraction of sp³-hybridized carbons (Fsp3) is 0.200. The van der Waals surface area contributed by atoms with E-state index in [4.69, 9.17) is 5.11 Å². The third-order valence-corrected chi connectivity index (χ3v) is 1.61. The molecule has 0 radical (unpaired) electrons. The van der Waals surface area contributed by atoms with Crippen LogP contribution in [0.1, 0.15) is 11.1 Å². The minimum absolute atomic E-state index is 0.0184. The molecule has 0 amide bonds. The number of rotatable bonds is 2. The van der Waals surface area contributed by atoms with Gasteiger partial charge in [0.1, 0.15) is 5.82 Å². The Hall–Kier alpha value is -1.15. The largest absolute Gasteiger partial charge is 0.392 e. The molecule has 12 heavy (non-hydrogen) atoms. The molecule has 1 aromatic carbocycles. The van der Waals surface area contributed by atoms with Crippen LogP contribution in [0.2, 0.25) is 0 Å². The summed E-state index contributed by atoms with van der Waals surface area (Å²) in [7, 11) is 0. The van der Waals surface area contributed by atoms with Crippen LogP contribution >= 0.6 is 0 Å². The lowest BCUT2D eigenvalue weighted by Gasteiger charge is -1.96. The Bertz CT molecular complexity index is 292. The number of aryl methyl sites for hydroxylation is 1. The van der Waals surface area contributed by atoms with Crippen molar-refractivity contribution in [2.24, 2.45) is 0 Å². The molecule has 0 saturated heterocycles. The first-order chi connectivity index (χ1) is 5.74. The van der Waals surface area contributed by atoms with Crippen molar-refractivity contribution in [3.8, 4) is 0 Å². The summed E-state index contributed by atoms with van der Waals surface area (Å²) in [5, 5.41) is 8.47. The van der Waals surface area contributed by atoms with E-state index < -0.39 is 0 Å². The van der Waals surface area contributed by atoms with E-state index in [1.165, 1.54) is 6.07 Å². The van der Waals surface area contributed by atoms with Crippen molar-refractivity contribution < 1.29 is 9.50 Å². The van der Waals surface area contributed by atoms with Crippen molar-refractivity contribution in [3.05, 3.63) is 41.2 Å². The van der Waals surface area contributed by atoms with Gasteiger partial charge in [-0.15, -0.1) is 0 Å². The van der Waals surface area contributed by atoms with Gasteiger partial charge in [0, 0.05) is 0 Å². The molecule has 1 aromatic rings. The molecule has 1 rings (SSSR count). The van der Waals surface area contributed by atoms with Gasteiger partial charge in [-0.05, 0) is 24.1 Å². The van der Waals surface area contributed by atoms with Gasteiger partial charge in [-0.2, -0.15) is 0 Å². The summed E-state index contributed by atoms with van der Waals surface area (Å²) >= 11 is 0.